The van der Waals surface area contributed by atoms with Gasteiger partial charge in [-0.15, -0.1) is 0 Å². The third kappa shape index (κ3) is 5.26. The van der Waals surface area contributed by atoms with Crippen molar-refractivity contribution in [1.82, 2.24) is 5.32 Å². The molecule has 180 valence electrons. The Morgan fingerprint density at radius 2 is 1.36 bits per heavy atom. The monoisotopic (exact) mass is 482 g/mol. The summed E-state index contributed by atoms with van der Waals surface area (Å²) >= 11 is 0. The van der Waals surface area contributed by atoms with Gasteiger partial charge in [-0.1, -0.05) is 18.2 Å². The number of hydrogen-bond acceptors (Lipinski definition) is 7. The van der Waals surface area contributed by atoms with Gasteiger partial charge < -0.3 is 14.8 Å². The molecule has 0 radical (unpaired) electrons. The first kappa shape index (κ1) is 25.7. The van der Waals surface area contributed by atoms with Crippen LogP contribution in [0.4, 0.5) is 32.0 Å². The number of nitrogens with one attached hydrogen (secondary N) is 1. The summed E-state index contributed by atoms with van der Waals surface area (Å²) in [6.45, 7) is 1.51. The van der Waals surface area contributed by atoms with Gasteiger partial charge in [0.25, 0.3) is 5.69 Å². The summed E-state index contributed by atoms with van der Waals surface area (Å²) in [7, 11) is 0. The van der Waals surface area contributed by atoms with Crippen molar-refractivity contribution < 1.29 is 50.3 Å². The van der Waals surface area contributed by atoms with Gasteiger partial charge in [0, 0.05) is 11.6 Å². The zero-order valence-electron chi connectivity index (χ0n) is 17.0. The van der Waals surface area contributed by atoms with E-state index in [1.165, 1.54) is 13.8 Å². The number of para-hydroxylation sites is 1. The van der Waals surface area contributed by atoms with Crippen LogP contribution in [0.25, 0.3) is 0 Å². The number of dihydropyridines is 1. The number of rotatable bonds is 6. The molecule has 1 aromatic rings. The van der Waals surface area contributed by atoms with E-state index in [1.807, 2.05) is 0 Å². The van der Waals surface area contributed by atoms with Gasteiger partial charge in [0.15, 0.2) is 0 Å². The average Bonchev–Trinajstić information content (AvgIpc) is 2.71. The number of hydrogen-bond donors (Lipinski definition) is 1. The number of carbonyl (C=O) groups excluding carboxylic acids is 2. The fourth-order valence-electron chi connectivity index (χ4n) is 3.21. The summed E-state index contributed by atoms with van der Waals surface area (Å²) in [5.74, 6) is -5.91. The van der Waals surface area contributed by atoms with Gasteiger partial charge in [0.05, 0.1) is 35.2 Å². The van der Waals surface area contributed by atoms with E-state index in [-0.39, 0.29) is 0 Å². The van der Waals surface area contributed by atoms with Crippen LogP contribution in [0.3, 0.4) is 0 Å². The van der Waals surface area contributed by atoms with Crippen LogP contribution < -0.4 is 5.32 Å². The smallest absolute Gasteiger partial charge is 0.431 e. The second kappa shape index (κ2) is 9.50. The highest BCUT2D eigenvalue weighted by Gasteiger charge is 2.54. The fraction of sp³-hybridized carbons (Fsp3) is 0.368. The zero-order valence-corrected chi connectivity index (χ0v) is 17.0. The van der Waals surface area contributed by atoms with Crippen molar-refractivity contribution in [1.29, 1.82) is 0 Å². The largest absolute Gasteiger partial charge is 0.463 e. The molecular weight excluding hydrogens is 466 g/mol. The molecule has 0 aromatic heterocycles. The molecule has 0 aliphatic carbocycles. The van der Waals surface area contributed by atoms with Crippen molar-refractivity contribution in [2.75, 3.05) is 13.2 Å². The summed E-state index contributed by atoms with van der Waals surface area (Å²) in [4.78, 5) is 35.6. The Kier molecular flexibility index (Phi) is 7.39. The molecule has 0 unspecified atom stereocenters. The molecule has 1 aliphatic heterocycles. The molecule has 0 bridgehead atoms. The Hall–Kier alpha value is -3.58. The fourth-order valence-corrected chi connectivity index (χ4v) is 3.21. The van der Waals surface area contributed by atoms with Crippen LogP contribution in [0.1, 0.15) is 25.3 Å². The summed E-state index contributed by atoms with van der Waals surface area (Å²) < 4.78 is 92.1. The lowest BCUT2D eigenvalue weighted by atomic mass is 9.79. The molecule has 14 heteroatoms. The molecule has 1 aromatic carbocycles. The molecule has 0 fully saturated rings. The third-order valence-corrected chi connectivity index (χ3v) is 4.37. The first-order valence-corrected chi connectivity index (χ1v) is 9.22. The summed E-state index contributed by atoms with van der Waals surface area (Å²) in [5.41, 5.74) is -8.91. The van der Waals surface area contributed by atoms with Gasteiger partial charge in [-0.3, -0.25) is 10.1 Å². The van der Waals surface area contributed by atoms with E-state index in [1.54, 1.807) is 0 Å². The van der Waals surface area contributed by atoms with Crippen LogP contribution in [-0.2, 0) is 19.1 Å². The van der Waals surface area contributed by atoms with Gasteiger partial charge in [-0.25, -0.2) is 9.59 Å². The van der Waals surface area contributed by atoms with Crippen molar-refractivity contribution in [3.05, 3.63) is 62.5 Å². The van der Waals surface area contributed by atoms with Crippen LogP contribution in [0.5, 0.6) is 0 Å². The van der Waals surface area contributed by atoms with E-state index in [4.69, 9.17) is 0 Å². The van der Waals surface area contributed by atoms with Gasteiger partial charge in [-0.05, 0) is 13.8 Å². The normalized spacial score (nSPS) is 15.3. The maximum atomic E-state index is 13.8. The molecule has 0 spiro atoms. The van der Waals surface area contributed by atoms with E-state index in [0.717, 1.165) is 29.6 Å². The van der Waals surface area contributed by atoms with Gasteiger partial charge in [0.1, 0.15) is 11.4 Å². The Balaban J connectivity index is 3.07. The van der Waals surface area contributed by atoms with Crippen molar-refractivity contribution >= 4 is 17.6 Å². The predicted octanol–water partition coefficient (Wildman–Crippen LogP) is 4.04. The van der Waals surface area contributed by atoms with Crippen molar-refractivity contribution in [2.45, 2.75) is 32.1 Å². The number of nitro benzene ring substituents is 1. The number of benzene rings is 1. The van der Waals surface area contributed by atoms with E-state index >= 15 is 0 Å². The number of carbonyl (C=O) groups is 2. The van der Waals surface area contributed by atoms with Crippen LogP contribution in [0.15, 0.2) is 46.8 Å². The van der Waals surface area contributed by atoms with Crippen molar-refractivity contribution in [3.8, 4) is 0 Å². The molecule has 1 N–H and O–H groups in total. The second-order valence-electron chi connectivity index (χ2n) is 6.39. The quantitative estimate of drug-likeness (QED) is 0.282. The maximum absolute atomic E-state index is 13.8. The highest BCUT2D eigenvalue weighted by molar-refractivity contribution is 6.00. The highest BCUT2D eigenvalue weighted by atomic mass is 19.4. The standard InChI is InChI=1S/C19H16F6N2O6/c1-3-32-16(28)12-11(9-7-5-6-8-10(9)27(30)31)13(17(29)33-4-2)15(19(23,24)25)26-14(12)18(20,21)22/h5-8,11,26H,3-4H2,1-2H3. The summed E-state index contributed by atoms with van der Waals surface area (Å²) in [5, 5.41) is 12.6. The van der Waals surface area contributed by atoms with Gasteiger partial charge in [-0.2, -0.15) is 26.3 Å². The van der Waals surface area contributed by atoms with Crippen molar-refractivity contribution in [2.24, 2.45) is 0 Å². The zero-order chi connectivity index (χ0) is 25.1. The first-order valence-electron chi connectivity index (χ1n) is 9.22. The Morgan fingerprint density at radius 1 is 0.939 bits per heavy atom. The molecule has 1 heterocycles. The first-order chi connectivity index (χ1) is 15.3. The lowest BCUT2D eigenvalue weighted by molar-refractivity contribution is -0.385. The van der Waals surface area contributed by atoms with Crippen LogP contribution in [-0.4, -0.2) is 42.4 Å². The number of nitrogens with zero attached hydrogens (tertiary/aromatic N) is 1. The Labute approximate surface area is 182 Å². The second-order valence-corrected chi connectivity index (χ2v) is 6.39. The third-order valence-electron chi connectivity index (χ3n) is 4.37. The van der Waals surface area contributed by atoms with Crippen LogP contribution in [0.2, 0.25) is 0 Å². The van der Waals surface area contributed by atoms with Gasteiger partial charge >= 0.3 is 24.3 Å². The maximum Gasteiger partial charge on any atom is 0.431 e. The Bertz CT molecular complexity index is 976. The average molecular weight is 482 g/mol. The SMILES string of the molecule is CCOC(=O)C1=C(C(F)(F)F)NC(C(F)(F)F)=C(C(=O)OCC)C1c1ccccc1[N+](=O)[O-]. The van der Waals surface area contributed by atoms with Crippen LogP contribution in [0, 0.1) is 10.1 Å². The van der Waals surface area contributed by atoms with E-state index in [2.05, 4.69) is 9.47 Å². The molecule has 0 saturated heterocycles. The number of esters is 2. The minimum absolute atomic E-state index is 0.471. The summed E-state index contributed by atoms with van der Waals surface area (Å²) in [6.07, 6.45) is -11.1. The van der Waals surface area contributed by atoms with Crippen LogP contribution >= 0.6 is 0 Å². The number of ether oxygens (including phenoxy) is 2. The molecular formula is C19H16F6N2O6. The molecule has 33 heavy (non-hydrogen) atoms. The topological polar surface area (TPSA) is 108 Å². The molecule has 1 aliphatic rings. The lowest BCUT2D eigenvalue weighted by Gasteiger charge is -2.33. The summed E-state index contributed by atoms with van der Waals surface area (Å²) in [6, 6.07) is 3.86. The molecule has 0 atom stereocenters. The van der Waals surface area contributed by atoms with E-state index < -0.39 is 82.1 Å². The van der Waals surface area contributed by atoms with E-state index in [0.29, 0.717) is 0 Å². The van der Waals surface area contributed by atoms with Gasteiger partial charge in [0.2, 0.25) is 0 Å². The number of nitro groups is 1. The minimum Gasteiger partial charge on any atom is -0.463 e. The van der Waals surface area contributed by atoms with Crippen molar-refractivity contribution in [3.63, 3.8) is 0 Å². The Morgan fingerprint density at radius 3 is 1.73 bits per heavy atom. The number of allylic oxidation sites excluding steroid dienone is 2. The lowest BCUT2D eigenvalue weighted by Crippen LogP contribution is -2.43. The minimum atomic E-state index is -5.55. The molecule has 0 amide bonds. The molecule has 0 saturated carbocycles. The predicted molar refractivity (Wildman–Crippen MR) is 98.4 cm³/mol. The highest BCUT2D eigenvalue weighted by Crippen LogP contribution is 2.48. The number of alkyl halides is 6. The number of halogens is 6. The molecule has 8 nitrogen and oxygen atoms in total. The van der Waals surface area contributed by atoms with E-state index in [9.17, 15) is 46.0 Å². The molecule has 2 rings (SSSR count).